The molecule has 0 radical (unpaired) electrons. The predicted octanol–water partition coefficient (Wildman–Crippen LogP) is 5.75. The van der Waals surface area contributed by atoms with Crippen LogP contribution in [0.3, 0.4) is 0 Å². The fourth-order valence-electron chi connectivity index (χ4n) is 5.15. The first-order valence-corrected chi connectivity index (χ1v) is 15.9. The number of benzene rings is 3. The Kier molecular flexibility index (Phi) is 9.68. The summed E-state index contributed by atoms with van der Waals surface area (Å²) >= 11 is 0. The van der Waals surface area contributed by atoms with Crippen molar-refractivity contribution in [3.05, 3.63) is 78.1 Å². The van der Waals surface area contributed by atoms with Gasteiger partial charge in [-0.05, 0) is 32.3 Å². The average Bonchev–Trinajstić information content (AvgIpc) is 3.40. The zero-order chi connectivity index (χ0) is 34.9. The van der Waals surface area contributed by atoms with Gasteiger partial charge in [0.15, 0.2) is 22.3 Å². The van der Waals surface area contributed by atoms with Gasteiger partial charge in [-0.25, -0.2) is 31.6 Å². The molecular weight excluding hydrogens is 654 g/mol. The second kappa shape index (κ2) is 13.6. The SMILES string of the molecule is COc1cc(N(C)CCN(C)C)c(NS(=O)(=O)c2c(F)c(F)c(F)c(F)c2OC)cc1Nc1nccc(-c2cn(C)c3ccccc23)n1. The van der Waals surface area contributed by atoms with Crippen molar-refractivity contribution in [2.75, 3.05) is 63.4 Å². The number of sulfonamides is 1. The molecule has 5 rings (SSSR count). The molecule has 0 saturated heterocycles. The number of methoxy groups -OCH3 is 2. The van der Waals surface area contributed by atoms with E-state index in [0.29, 0.717) is 18.8 Å². The van der Waals surface area contributed by atoms with Crippen molar-refractivity contribution in [1.82, 2.24) is 19.4 Å². The zero-order valence-electron chi connectivity index (χ0n) is 26.9. The van der Waals surface area contributed by atoms with E-state index >= 15 is 0 Å². The van der Waals surface area contributed by atoms with Crippen LogP contribution in [-0.4, -0.2) is 76.3 Å². The number of aromatic nitrogens is 3. The number of hydrogen-bond donors (Lipinski definition) is 2. The fourth-order valence-corrected chi connectivity index (χ4v) is 6.45. The molecule has 11 nitrogen and oxygen atoms in total. The molecule has 0 aliphatic heterocycles. The van der Waals surface area contributed by atoms with Crippen LogP contribution in [0.5, 0.6) is 11.5 Å². The number of likely N-dealkylation sites (N-methyl/N-ethyl adjacent to an activating group) is 2. The topological polar surface area (TPSA) is 114 Å². The van der Waals surface area contributed by atoms with Gasteiger partial charge in [0.05, 0.1) is 37.0 Å². The van der Waals surface area contributed by atoms with Crippen LogP contribution in [-0.2, 0) is 17.1 Å². The summed E-state index contributed by atoms with van der Waals surface area (Å²) in [6.45, 7) is 0.946. The van der Waals surface area contributed by atoms with E-state index in [4.69, 9.17) is 4.74 Å². The molecule has 0 bridgehead atoms. The third-order valence-corrected chi connectivity index (χ3v) is 8.98. The van der Waals surface area contributed by atoms with Crippen LogP contribution in [0.2, 0.25) is 0 Å². The van der Waals surface area contributed by atoms with Crippen molar-refractivity contribution < 1.29 is 35.5 Å². The van der Waals surface area contributed by atoms with E-state index in [1.165, 1.54) is 19.2 Å². The van der Waals surface area contributed by atoms with Gasteiger partial charge >= 0.3 is 0 Å². The molecule has 0 spiro atoms. The van der Waals surface area contributed by atoms with Gasteiger partial charge in [0, 0.05) is 62.1 Å². The second-order valence-electron chi connectivity index (χ2n) is 11.1. The van der Waals surface area contributed by atoms with Crippen LogP contribution in [0.15, 0.2) is 59.8 Å². The highest BCUT2D eigenvalue weighted by Crippen LogP contribution is 2.41. The van der Waals surface area contributed by atoms with E-state index in [-0.39, 0.29) is 28.8 Å². The Balaban J connectivity index is 1.61. The van der Waals surface area contributed by atoms with Gasteiger partial charge in [0.2, 0.25) is 17.6 Å². The van der Waals surface area contributed by atoms with E-state index in [1.807, 2.05) is 61.1 Å². The molecule has 3 aromatic carbocycles. The maximum absolute atomic E-state index is 15.0. The minimum atomic E-state index is -5.14. The lowest BCUT2D eigenvalue weighted by molar-refractivity contribution is 0.328. The average molecular weight is 688 g/mol. The van der Waals surface area contributed by atoms with Gasteiger partial charge in [-0.3, -0.25) is 4.72 Å². The molecule has 0 amide bonds. The Morgan fingerprint density at radius 3 is 2.29 bits per heavy atom. The highest BCUT2D eigenvalue weighted by Gasteiger charge is 2.35. The number of rotatable bonds is 12. The molecule has 5 aromatic rings. The van der Waals surface area contributed by atoms with Crippen LogP contribution in [0, 0.1) is 23.3 Å². The van der Waals surface area contributed by atoms with Crippen molar-refractivity contribution in [2.24, 2.45) is 7.05 Å². The minimum absolute atomic E-state index is 0.136. The van der Waals surface area contributed by atoms with Crippen molar-refractivity contribution in [3.63, 3.8) is 0 Å². The van der Waals surface area contributed by atoms with Gasteiger partial charge in [0.1, 0.15) is 5.75 Å². The zero-order valence-corrected chi connectivity index (χ0v) is 27.7. The van der Waals surface area contributed by atoms with Gasteiger partial charge in [-0.15, -0.1) is 0 Å². The first-order chi connectivity index (χ1) is 22.8. The highest BCUT2D eigenvalue weighted by atomic mass is 32.2. The number of para-hydroxylation sites is 1. The summed E-state index contributed by atoms with van der Waals surface area (Å²) < 4.78 is 99.5. The number of aryl methyl sites for hydroxylation is 1. The van der Waals surface area contributed by atoms with Gasteiger partial charge in [-0.2, -0.15) is 4.39 Å². The Hall–Kier alpha value is -5.09. The quantitative estimate of drug-likeness (QED) is 0.0962. The van der Waals surface area contributed by atoms with E-state index in [1.54, 1.807) is 24.2 Å². The van der Waals surface area contributed by atoms with Crippen molar-refractivity contribution in [1.29, 1.82) is 0 Å². The molecular formula is C32H33F4N7O4S. The lowest BCUT2D eigenvalue weighted by Gasteiger charge is -2.26. The third-order valence-electron chi connectivity index (χ3n) is 7.59. The second-order valence-corrected chi connectivity index (χ2v) is 12.7. The first-order valence-electron chi connectivity index (χ1n) is 14.4. The molecule has 254 valence electrons. The summed E-state index contributed by atoms with van der Waals surface area (Å²) in [4.78, 5) is 11.0. The number of ether oxygens (including phenoxy) is 2. The van der Waals surface area contributed by atoms with Gasteiger partial charge in [0.25, 0.3) is 10.0 Å². The summed E-state index contributed by atoms with van der Waals surface area (Å²) in [6, 6.07) is 12.4. The lowest BCUT2D eigenvalue weighted by Crippen LogP contribution is -2.29. The number of fused-ring (bicyclic) bond motifs is 1. The maximum atomic E-state index is 15.0. The minimum Gasteiger partial charge on any atom is -0.494 e. The molecule has 0 atom stereocenters. The molecule has 2 heterocycles. The van der Waals surface area contributed by atoms with Gasteiger partial charge in [-0.1, -0.05) is 18.2 Å². The van der Waals surface area contributed by atoms with Crippen LogP contribution in [0.25, 0.3) is 22.2 Å². The Labute approximate surface area is 274 Å². The van der Waals surface area contributed by atoms with Crippen LogP contribution < -0.4 is 24.4 Å². The Morgan fingerprint density at radius 2 is 1.60 bits per heavy atom. The highest BCUT2D eigenvalue weighted by molar-refractivity contribution is 7.92. The normalized spacial score (nSPS) is 11.6. The lowest BCUT2D eigenvalue weighted by atomic mass is 10.1. The largest absolute Gasteiger partial charge is 0.494 e. The number of hydrogen-bond acceptors (Lipinski definition) is 9. The van der Waals surface area contributed by atoms with E-state index in [2.05, 4.69) is 24.7 Å². The first kappa shape index (κ1) is 34.3. The molecule has 0 fully saturated rings. The van der Waals surface area contributed by atoms with Crippen LogP contribution in [0.1, 0.15) is 0 Å². The van der Waals surface area contributed by atoms with E-state index in [9.17, 15) is 26.0 Å². The number of halogens is 4. The molecule has 2 N–H and O–H groups in total. The predicted molar refractivity (Wildman–Crippen MR) is 176 cm³/mol. The Morgan fingerprint density at radius 1 is 0.896 bits per heavy atom. The summed E-state index contributed by atoms with van der Waals surface area (Å²) in [5, 5.41) is 4.02. The van der Waals surface area contributed by atoms with Crippen molar-refractivity contribution >= 4 is 43.9 Å². The molecule has 0 aliphatic carbocycles. The fraction of sp³-hybridized carbons (Fsp3) is 0.250. The van der Waals surface area contributed by atoms with Gasteiger partial charge < -0.3 is 29.2 Å². The summed E-state index contributed by atoms with van der Waals surface area (Å²) in [6.07, 6.45) is 3.50. The Bertz CT molecular complexity index is 2110. The molecule has 16 heteroatoms. The molecule has 0 saturated carbocycles. The van der Waals surface area contributed by atoms with Crippen molar-refractivity contribution in [3.8, 4) is 22.8 Å². The third kappa shape index (κ3) is 6.53. The smallest absolute Gasteiger partial charge is 0.268 e. The number of nitrogens with one attached hydrogen (secondary N) is 2. The number of nitrogens with zero attached hydrogens (tertiary/aromatic N) is 5. The van der Waals surface area contributed by atoms with E-state index in [0.717, 1.165) is 23.6 Å². The standard InChI is InChI=1S/C32H33F4N7O4S/c1-41(2)13-14-42(3)24-16-25(46-5)22(15-21(24)40-48(44,45)31-29(36)27(34)26(33)28(35)30(31)47-6)39-32-37-12-11-20(38-32)19-17-43(4)23-10-8-7-9-18(19)23/h7-12,15-17,40H,13-14H2,1-6H3,(H,37,38,39). The van der Waals surface area contributed by atoms with Crippen molar-refractivity contribution in [2.45, 2.75) is 4.90 Å². The maximum Gasteiger partial charge on any atom is 0.268 e. The molecule has 0 aliphatic rings. The van der Waals surface area contributed by atoms with Crippen LogP contribution >= 0.6 is 0 Å². The molecule has 2 aromatic heterocycles. The van der Waals surface area contributed by atoms with Crippen LogP contribution in [0.4, 0.5) is 40.6 Å². The summed E-state index contributed by atoms with van der Waals surface area (Å²) in [5.74, 6) is -9.60. The number of anilines is 4. The summed E-state index contributed by atoms with van der Waals surface area (Å²) in [7, 11) is 4.37. The monoisotopic (exact) mass is 687 g/mol. The molecule has 48 heavy (non-hydrogen) atoms. The summed E-state index contributed by atoms with van der Waals surface area (Å²) in [5.41, 5.74) is 2.77. The molecule has 0 unspecified atom stereocenters. The van der Waals surface area contributed by atoms with E-state index < -0.39 is 43.9 Å².